The van der Waals surface area contributed by atoms with E-state index in [-0.39, 0.29) is 0 Å². The molecule has 1 N–H and O–H groups in total. The molecule has 1 fully saturated rings. The first-order valence-electron chi connectivity index (χ1n) is 8.76. The van der Waals surface area contributed by atoms with E-state index in [1.807, 2.05) is 0 Å². The van der Waals surface area contributed by atoms with Crippen molar-refractivity contribution >= 4 is 0 Å². The summed E-state index contributed by atoms with van der Waals surface area (Å²) in [5.41, 5.74) is 2.66. The predicted molar refractivity (Wildman–Crippen MR) is 87.8 cm³/mol. The van der Waals surface area contributed by atoms with Crippen LogP contribution >= 0.6 is 0 Å². The van der Waals surface area contributed by atoms with E-state index in [0.29, 0.717) is 12.1 Å². The van der Waals surface area contributed by atoms with Gasteiger partial charge in [0.05, 0.1) is 6.61 Å². The molecular formula is C19H29NO. The fourth-order valence-corrected chi connectivity index (χ4v) is 4.03. The molecule has 0 spiro atoms. The zero-order valence-electron chi connectivity index (χ0n) is 13.5. The van der Waals surface area contributed by atoms with E-state index in [4.69, 9.17) is 4.74 Å². The summed E-state index contributed by atoms with van der Waals surface area (Å²) in [6.45, 7) is 5.36. The van der Waals surface area contributed by atoms with Crippen LogP contribution in [0, 0.1) is 12.8 Å². The van der Waals surface area contributed by atoms with Crippen molar-refractivity contribution in [2.75, 3.05) is 6.61 Å². The minimum absolute atomic E-state index is 0.475. The van der Waals surface area contributed by atoms with E-state index in [9.17, 15) is 0 Å². The van der Waals surface area contributed by atoms with Gasteiger partial charge in [-0.3, -0.25) is 0 Å². The molecule has 116 valence electrons. The van der Waals surface area contributed by atoms with Gasteiger partial charge in [0.2, 0.25) is 0 Å². The highest BCUT2D eigenvalue weighted by atomic mass is 16.5. The smallest absolute Gasteiger partial charge is 0.126 e. The summed E-state index contributed by atoms with van der Waals surface area (Å²) in [6, 6.07) is 7.76. The molecule has 0 aromatic heterocycles. The molecule has 1 aromatic carbocycles. The molecule has 0 radical (unpaired) electrons. The maximum absolute atomic E-state index is 6.00. The van der Waals surface area contributed by atoms with Gasteiger partial charge in [-0.15, -0.1) is 0 Å². The Bertz CT molecular complexity index is 471. The second-order valence-corrected chi connectivity index (χ2v) is 6.84. The Kier molecular flexibility index (Phi) is 4.84. The van der Waals surface area contributed by atoms with E-state index >= 15 is 0 Å². The van der Waals surface area contributed by atoms with E-state index in [2.05, 4.69) is 37.4 Å². The van der Waals surface area contributed by atoms with Gasteiger partial charge in [-0.1, -0.05) is 44.4 Å². The van der Waals surface area contributed by atoms with Crippen LogP contribution in [0.3, 0.4) is 0 Å². The average Bonchev–Trinajstić information content (AvgIpc) is 2.71. The van der Waals surface area contributed by atoms with Crippen LogP contribution in [0.4, 0.5) is 0 Å². The topological polar surface area (TPSA) is 21.3 Å². The number of para-hydroxylation sites is 1. The number of ether oxygens (including phenoxy) is 1. The van der Waals surface area contributed by atoms with Gasteiger partial charge in [0.15, 0.2) is 0 Å². The van der Waals surface area contributed by atoms with Crippen molar-refractivity contribution in [2.45, 2.75) is 70.9 Å². The third-order valence-electron chi connectivity index (χ3n) is 5.30. The Hall–Kier alpha value is -1.02. The molecule has 1 aliphatic heterocycles. The van der Waals surface area contributed by atoms with Crippen molar-refractivity contribution in [1.29, 1.82) is 0 Å². The zero-order valence-corrected chi connectivity index (χ0v) is 13.5. The Balaban J connectivity index is 1.75. The van der Waals surface area contributed by atoms with Crippen molar-refractivity contribution < 1.29 is 4.74 Å². The van der Waals surface area contributed by atoms with Crippen molar-refractivity contribution in [1.82, 2.24) is 5.32 Å². The molecule has 3 atom stereocenters. The molecule has 0 saturated heterocycles. The number of benzene rings is 1. The van der Waals surface area contributed by atoms with Gasteiger partial charge < -0.3 is 10.1 Å². The molecule has 0 amide bonds. The monoisotopic (exact) mass is 287 g/mol. The maximum atomic E-state index is 6.00. The highest BCUT2D eigenvalue weighted by molar-refractivity contribution is 5.43. The minimum Gasteiger partial charge on any atom is -0.493 e. The van der Waals surface area contributed by atoms with Crippen molar-refractivity contribution in [3.05, 3.63) is 29.3 Å². The third-order valence-corrected chi connectivity index (χ3v) is 5.30. The molecule has 1 aromatic rings. The average molecular weight is 287 g/mol. The van der Waals surface area contributed by atoms with Gasteiger partial charge in [0, 0.05) is 17.6 Å². The van der Waals surface area contributed by atoms with Gasteiger partial charge in [-0.2, -0.15) is 0 Å². The van der Waals surface area contributed by atoms with Crippen LogP contribution in [-0.4, -0.2) is 12.6 Å². The summed E-state index contributed by atoms with van der Waals surface area (Å²) in [6.07, 6.45) is 9.20. The minimum atomic E-state index is 0.475. The van der Waals surface area contributed by atoms with E-state index in [1.54, 1.807) is 0 Å². The molecule has 1 aliphatic carbocycles. The van der Waals surface area contributed by atoms with Crippen molar-refractivity contribution in [3.8, 4) is 5.75 Å². The van der Waals surface area contributed by atoms with E-state index in [1.165, 1.54) is 49.7 Å². The highest BCUT2D eigenvalue weighted by Gasteiger charge is 2.26. The number of hydrogen-bond acceptors (Lipinski definition) is 2. The standard InChI is InChI=1S/C19H29NO/c1-3-15-8-5-9-16(13-15)20-18-11-6-12-21-19-14(2)7-4-10-17(18)19/h4,7,10,15-16,18,20H,3,5-6,8-9,11-13H2,1-2H3. The molecule has 0 bridgehead atoms. The summed E-state index contributed by atoms with van der Waals surface area (Å²) in [5, 5.41) is 3.97. The first-order chi connectivity index (χ1) is 10.3. The first kappa shape index (κ1) is 14.9. The summed E-state index contributed by atoms with van der Waals surface area (Å²) in [7, 11) is 0. The Labute approximate surface area is 129 Å². The second-order valence-electron chi connectivity index (χ2n) is 6.84. The van der Waals surface area contributed by atoms with Gasteiger partial charge in [0.1, 0.15) is 5.75 Å². The molecule has 2 heteroatoms. The summed E-state index contributed by atoms with van der Waals surface area (Å²) in [5.74, 6) is 2.06. The number of aryl methyl sites for hydroxylation is 1. The van der Waals surface area contributed by atoms with Gasteiger partial charge in [0.25, 0.3) is 0 Å². The highest BCUT2D eigenvalue weighted by Crippen LogP contribution is 2.36. The zero-order chi connectivity index (χ0) is 14.7. The van der Waals surface area contributed by atoms with Crippen LogP contribution < -0.4 is 10.1 Å². The van der Waals surface area contributed by atoms with Crippen LogP contribution in [0.1, 0.15) is 69.0 Å². The molecular weight excluding hydrogens is 258 g/mol. The predicted octanol–water partition coefficient (Wildman–Crippen LogP) is 4.77. The SMILES string of the molecule is CCC1CCCC(NC2CCCOc3c(C)cccc32)C1. The lowest BCUT2D eigenvalue weighted by Crippen LogP contribution is -2.36. The molecule has 21 heavy (non-hydrogen) atoms. The number of hydrogen-bond donors (Lipinski definition) is 1. The Morgan fingerprint density at radius 1 is 1.19 bits per heavy atom. The van der Waals surface area contributed by atoms with Crippen molar-refractivity contribution in [3.63, 3.8) is 0 Å². The summed E-state index contributed by atoms with van der Waals surface area (Å²) < 4.78 is 6.00. The van der Waals surface area contributed by atoms with Crippen LogP contribution in [-0.2, 0) is 0 Å². The first-order valence-corrected chi connectivity index (χ1v) is 8.76. The van der Waals surface area contributed by atoms with Crippen molar-refractivity contribution in [2.24, 2.45) is 5.92 Å². The normalized spacial score (nSPS) is 29.3. The summed E-state index contributed by atoms with van der Waals surface area (Å²) in [4.78, 5) is 0. The molecule has 2 aliphatic rings. The van der Waals surface area contributed by atoms with E-state index in [0.717, 1.165) is 24.7 Å². The van der Waals surface area contributed by atoms with Crippen LogP contribution in [0.2, 0.25) is 0 Å². The molecule has 1 saturated carbocycles. The lowest BCUT2D eigenvalue weighted by Gasteiger charge is -2.32. The van der Waals surface area contributed by atoms with Crippen LogP contribution in [0.15, 0.2) is 18.2 Å². The van der Waals surface area contributed by atoms with Gasteiger partial charge in [-0.25, -0.2) is 0 Å². The fourth-order valence-electron chi connectivity index (χ4n) is 4.03. The van der Waals surface area contributed by atoms with E-state index < -0.39 is 0 Å². The summed E-state index contributed by atoms with van der Waals surface area (Å²) >= 11 is 0. The van der Waals surface area contributed by atoms with Gasteiger partial charge in [-0.05, 0) is 44.1 Å². The number of rotatable bonds is 3. The third kappa shape index (κ3) is 3.42. The largest absolute Gasteiger partial charge is 0.493 e. The Morgan fingerprint density at radius 2 is 2.10 bits per heavy atom. The second kappa shape index (κ2) is 6.83. The molecule has 3 unspecified atom stereocenters. The molecule has 2 nitrogen and oxygen atoms in total. The van der Waals surface area contributed by atoms with Crippen LogP contribution in [0.25, 0.3) is 0 Å². The number of fused-ring (bicyclic) bond motifs is 1. The fraction of sp³-hybridized carbons (Fsp3) is 0.684. The van der Waals surface area contributed by atoms with Gasteiger partial charge >= 0.3 is 0 Å². The quantitative estimate of drug-likeness (QED) is 0.865. The molecule has 3 rings (SSSR count). The Morgan fingerprint density at radius 3 is 2.95 bits per heavy atom. The lowest BCUT2D eigenvalue weighted by atomic mass is 9.83. The lowest BCUT2D eigenvalue weighted by molar-refractivity contribution is 0.257. The van der Waals surface area contributed by atoms with Crippen LogP contribution in [0.5, 0.6) is 5.75 Å². The maximum Gasteiger partial charge on any atom is 0.126 e. The number of nitrogens with one attached hydrogen (secondary N) is 1. The molecule has 1 heterocycles.